The summed E-state index contributed by atoms with van der Waals surface area (Å²) in [6, 6.07) is 7.09. The Kier molecular flexibility index (Phi) is 6.02. The highest BCUT2D eigenvalue weighted by Gasteiger charge is 2.18. The SMILES string of the molecule is CCCNS(=O)(=O)c1ccccc1NCCC1CCNC1. The summed E-state index contributed by atoms with van der Waals surface area (Å²) in [7, 11) is -3.43. The predicted molar refractivity (Wildman–Crippen MR) is 86.0 cm³/mol. The van der Waals surface area contributed by atoms with Crippen molar-refractivity contribution in [1.82, 2.24) is 10.0 Å². The minimum absolute atomic E-state index is 0.336. The Morgan fingerprint density at radius 3 is 2.81 bits per heavy atom. The second kappa shape index (κ2) is 7.77. The van der Waals surface area contributed by atoms with Crippen LogP contribution in [0.4, 0.5) is 5.69 Å². The Morgan fingerprint density at radius 2 is 2.10 bits per heavy atom. The van der Waals surface area contributed by atoms with Gasteiger partial charge >= 0.3 is 0 Å². The highest BCUT2D eigenvalue weighted by molar-refractivity contribution is 7.89. The molecule has 5 nitrogen and oxygen atoms in total. The van der Waals surface area contributed by atoms with Crippen LogP contribution in [0.15, 0.2) is 29.2 Å². The molecule has 2 rings (SSSR count). The first kappa shape index (κ1) is 16.3. The lowest BCUT2D eigenvalue weighted by atomic mass is 10.1. The van der Waals surface area contributed by atoms with E-state index >= 15 is 0 Å². The van der Waals surface area contributed by atoms with Gasteiger partial charge in [-0.15, -0.1) is 0 Å². The molecule has 0 saturated carbocycles. The Labute approximate surface area is 127 Å². The van der Waals surface area contributed by atoms with Gasteiger partial charge < -0.3 is 10.6 Å². The number of para-hydroxylation sites is 1. The van der Waals surface area contributed by atoms with E-state index in [9.17, 15) is 8.42 Å². The third-order valence-corrected chi connectivity index (χ3v) is 5.27. The number of hydrogen-bond acceptors (Lipinski definition) is 4. The molecular formula is C15H25N3O2S. The molecule has 21 heavy (non-hydrogen) atoms. The van der Waals surface area contributed by atoms with Crippen LogP contribution in [-0.2, 0) is 10.0 Å². The number of rotatable bonds is 8. The molecule has 0 spiro atoms. The van der Waals surface area contributed by atoms with Gasteiger partial charge in [0.05, 0.1) is 5.69 Å². The number of anilines is 1. The quantitative estimate of drug-likeness (QED) is 0.684. The molecule has 1 aliphatic heterocycles. The van der Waals surface area contributed by atoms with Crippen LogP contribution in [0.25, 0.3) is 0 Å². The van der Waals surface area contributed by atoms with Gasteiger partial charge in [-0.2, -0.15) is 0 Å². The van der Waals surface area contributed by atoms with Crippen molar-refractivity contribution in [3.63, 3.8) is 0 Å². The van der Waals surface area contributed by atoms with Crippen LogP contribution in [0, 0.1) is 5.92 Å². The van der Waals surface area contributed by atoms with E-state index in [0.717, 1.165) is 32.5 Å². The number of benzene rings is 1. The van der Waals surface area contributed by atoms with Gasteiger partial charge in [0, 0.05) is 13.1 Å². The third kappa shape index (κ3) is 4.69. The van der Waals surface area contributed by atoms with Gasteiger partial charge in [0.2, 0.25) is 10.0 Å². The maximum Gasteiger partial charge on any atom is 0.242 e. The van der Waals surface area contributed by atoms with E-state index in [1.807, 2.05) is 19.1 Å². The molecule has 6 heteroatoms. The van der Waals surface area contributed by atoms with Crippen LogP contribution in [0.5, 0.6) is 0 Å². The molecule has 1 heterocycles. The van der Waals surface area contributed by atoms with Crippen LogP contribution in [0.1, 0.15) is 26.2 Å². The number of nitrogens with one attached hydrogen (secondary N) is 3. The molecule has 1 aromatic rings. The van der Waals surface area contributed by atoms with Crippen LogP contribution in [0.3, 0.4) is 0 Å². The van der Waals surface area contributed by atoms with Crippen molar-refractivity contribution in [3.05, 3.63) is 24.3 Å². The average Bonchev–Trinajstić information content (AvgIpc) is 2.99. The van der Waals surface area contributed by atoms with Gasteiger partial charge in [0.1, 0.15) is 4.90 Å². The summed E-state index contributed by atoms with van der Waals surface area (Å²) in [4.78, 5) is 0.336. The molecule has 1 aromatic carbocycles. The summed E-state index contributed by atoms with van der Waals surface area (Å²) in [5, 5.41) is 6.62. The van der Waals surface area contributed by atoms with Crippen molar-refractivity contribution in [1.29, 1.82) is 0 Å². The lowest BCUT2D eigenvalue weighted by Gasteiger charge is -2.14. The van der Waals surface area contributed by atoms with E-state index < -0.39 is 10.0 Å². The molecule has 118 valence electrons. The fraction of sp³-hybridized carbons (Fsp3) is 0.600. The standard InChI is InChI=1S/C15H25N3O2S/c1-2-9-18-21(19,20)15-6-4-3-5-14(15)17-11-8-13-7-10-16-12-13/h3-6,13,16-18H,2,7-12H2,1H3. The molecule has 1 aliphatic rings. The Morgan fingerprint density at radius 1 is 1.29 bits per heavy atom. The van der Waals surface area contributed by atoms with E-state index in [1.165, 1.54) is 6.42 Å². The summed E-state index contributed by atoms with van der Waals surface area (Å²) < 4.78 is 27.2. The second-order valence-corrected chi connectivity index (χ2v) is 7.20. The van der Waals surface area contributed by atoms with Gasteiger partial charge in [0.25, 0.3) is 0 Å². The first-order valence-electron chi connectivity index (χ1n) is 7.66. The van der Waals surface area contributed by atoms with Gasteiger partial charge in [-0.25, -0.2) is 13.1 Å². The fourth-order valence-corrected chi connectivity index (χ4v) is 3.85. The third-order valence-electron chi connectivity index (χ3n) is 3.75. The summed E-state index contributed by atoms with van der Waals surface area (Å²) in [6.45, 7) is 5.37. The van der Waals surface area contributed by atoms with Crippen LogP contribution < -0.4 is 15.4 Å². The molecule has 0 amide bonds. The highest BCUT2D eigenvalue weighted by atomic mass is 32.2. The number of sulfonamides is 1. The molecule has 0 aromatic heterocycles. The van der Waals surface area contributed by atoms with Crippen molar-refractivity contribution in [2.24, 2.45) is 5.92 Å². The second-order valence-electron chi connectivity index (χ2n) is 5.47. The molecule has 0 aliphatic carbocycles. The Bertz CT molecular complexity index is 540. The zero-order valence-corrected chi connectivity index (χ0v) is 13.4. The zero-order valence-electron chi connectivity index (χ0n) is 12.6. The molecule has 1 atom stereocenters. The molecule has 1 unspecified atom stereocenters. The van der Waals surface area contributed by atoms with Crippen molar-refractivity contribution in [2.45, 2.75) is 31.1 Å². The Balaban J connectivity index is 1.99. The van der Waals surface area contributed by atoms with Gasteiger partial charge in [-0.1, -0.05) is 19.1 Å². The van der Waals surface area contributed by atoms with Gasteiger partial charge in [-0.3, -0.25) is 0 Å². The van der Waals surface area contributed by atoms with Crippen molar-refractivity contribution < 1.29 is 8.42 Å². The normalized spacial score (nSPS) is 18.8. The molecule has 0 radical (unpaired) electrons. The van der Waals surface area contributed by atoms with Crippen molar-refractivity contribution in [3.8, 4) is 0 Å². The maximum absolute atomic E-state index is 12.3. The zero-order chi connectivity index (χ0) is 15.1. The van der Waals surface area contributed by atoms with E-state index in [4.69, 9.17) is 0 Å². The smallest absolute Gasteiger partial charge is 0.242 e. The maximum atomic E-state index is 12.3. The largest absolute Gasteiger partial charge is 0.384 e. The fourth-order valence-electron chi connectivity index (χ4n) is 2.53. The van der Waals surface area contributed by atoms with Crippen molar-refractivity contribution in [2.75, 3.05) is 31.5 Å². The summed E-state index contributed by atoms with van der Waals surface area (Å²) in [6.07, 6.45) is 3.05. The molecular weight excluding hydrogens is 286 g/mol. The van der Waals surface area contributed by atoms with E-state index in [2.05, 4.69) is 15.4 Å². The average molecular weight is 311 g/mol. The van der Waals surface area contributed by atoms with E-state index in [1.54, 1.807) is 12.1 Å². The van der Waals surface area contributed by atoms with E-state index in [0.29, 0.717) is 23.0 Å². The molecule has 1 saturated heterocycles. The minimum atomic E-state index is -3.43. The topological polar surface area (TPSA) is 70.2 Å². The minimum Gasteiger partial charge on any atom is -0.384 e. The van der Waals surface area contributed by atoms with Gasteiger partial charge in [0.15, 0.2) is 0 Å². The van der Waals surface area contributed by atoms with E-state index in [-0.39, 0.29) is 0 Å². The first-order chi connectivity index (χ1) is 10.1. The predicted octanol–water partition coefficient (Wildman–Crippen LogP) is 1.79. The highest BCUT2D eigenvalue weighted by Crippen LogP contribution is 2.21. The molecule has 3 N–H and O–H groups in total. The monoisotopic (exact) mass is 311 g/mol. The summed E-state index contributed by atoms with van der Waals surface area (Å²) in [5.41, 5.74) is 0.687. The Hall–Kier alpha value is -1.11. The van der Waals surface area contributed by atoms with Crippen LogP contribution in [0.2, 0.25) is 0 Å². The lowest BCUT2D eigenvalue weighted by molar-refractivity contribution is 0.549. The number of hydrogen-bond donors (Lipinski definition) is 3. The lowest BCUT2D eigenvalue weighted by Crippen LogP contribution is -2.25. The van der Waals surface area contributed by atoms with Crippen LogP contribution in [-0.4, -0.2) is 34.6 Å². The van der Waals surface area contributed by atoms with Crippen molar-refractivity contribution >= 4 is 15.7 Å². The van der Waals surface area contributed by atoms with Gasteiger partial charge in [-0.05, 0) is 50.4 Å². The summed E-state index contributed by atoms with van der Waals surface area (Å²) in [5.74, 6) is 0.694. The van der Waals surface area contributed by atoms with Crippen LogP contribution >= 0.6 is 0 Å². The summed E-state index contributed by atoms with van der Waals surface area (Å²) >= 11 is 0. The molecule has 0 bridgehead atoms. The first-order valence-corrected chi connectivity index (χ1v) is 9.15. The molecule has 1 fully saturated rings.